The van der Waals surface area contributed by atoms with E-state index in [2.05, 4.69) is 5.10 Å². The number of hydrogen-bond donors (Lipinski definition) is 0. The first-order chi connectivity index (χ1) is 6.74. The number of halogens is 3. The topological polar surface area (TPSA) is 41.6 Å². The number of hydrogen-bond acceptors (Lipinski definition) is 2. The second kappa shape index (κ2) is 3.57. The zero-order valence-electron chi connectivity index (χ0n) is 8.34. The van der Waals surface area contributed by atoms with Gasteiger partial charge in [-0.1, -0.05) is 0 Å². The lowest BCUT2D eigenvalue weighted by atomic mass is 9.89. The molecule has 0 saturated heterocycles. The number of aromatic nitrogens is 2. The van der Waals surface area contributed by atoms with Gasteiger partial charge in [-0.15, -0.1) is 0 Å². The largest absolute Gasteiger partial charge is 0.408 e. The molecule has 1 heterocycles. The van der Waals surface area contributed by atoms with Gasteiger partial charge in [-0.2, -0.15) is 23.5 Å². The fraction of sp³-hybridized carbons (Fsp3) is 0.556. The summed E-state index contributed by atoms with van der Waals surface area (Å²) in [5.74, 6) is 0. The molecule has 0 saturated carbocycles. The SMILES string of the molecule is CC(C)(C#N)c1cnn(CC(F)(F)F)c1. The van der Waals surface area contributed by atoms with Gasteiger partial charge in [-0.05, 0) is 13.8 Å². The summed E-state index contributed by atoms with van der Waals surface area (Å²) in [7, 11) is 0. The minimum Gasteiger partial charge on any atom is -0.263 e. The van der Waals surface area contributed by atoms with Crippen LogP contribution in [0.25, 0.3) is 0 Å². The van der Waals surface area contributed by atoms with Crippen LogP contribution in [0.4, 0.5) is 13.2 Å². The molecular weight excluding hydrogens is 207 g/mol. The Labute approximate surface area is 85.1 Å². The minimum absolute atomic E-state index is 0.481. The second-order valence-corrected chi connectivity index (χ2v) is 3.78. The predicted octanol–water partition coefficient (Wildman–Crippen LogP) is 2.25. The fourth-order valence-electron chi connectivity index (χ4n) is 1.02. The van der Waals surface area contributed by atoms with Crippen LogP contribution < -0.4 is 0 Å². The summed E-state index contributed by atoms with van der Waals surface area (Å²) in [5.41, 5.74) is -0.335. The summed E-state index contributed by atoms with van der Waals surface area (Å²) in [6, 6.07) is 2.00. The van der Waals surface area contributed by atoms with E-state index in [4.69, 9.17) is 5.26 Å². The Morgan fingerprint density at radius 3 is 2.53 bits per heavy atom. The highest BCUT2D eigenvalue weighted by Crippen LogP contribution is 2.23. The van der Waals surface area contributed by atoms with Crippen molar-refractivity contribution >= 4 is 0 Å². The van der Waals surface area contributed by atoms with Crippen molar-refractivity contribution in [1.82, 2.24) is 9.78 Å². The molecule has 0 aliphatic heterocycles. The average Bonchev–Trinajstić information content (AvgIpc) is 2.50. The van der Waals surface area contributed by atoms with Crippen molar-refractivity contribution < 1.29 is 13.2 Å². The molecule has 0 aliphatic rings. The first-order valence-electron chi connectivity index (χ1n) is 4.25. The molecule has 0 amide bonds. The molecule has 0 unspecified atom stereocenters. The van der Waals surface area contributed by atoms with Crippen LogP contribution >= 0.6 is 0 Å². The van der Waals surface area contributed by atoms with E-state index in [1.54, 1.807) is 13.8 Å². The molecule has 1 aromatic rings. The van der Waals surface area contributed by atoms with Crippen molar-refractivity contribution in [3.05, 3.63) is 18.0 Å². The zero-order chi connectivity index (χ0) is 11.7. The van der Waals surface area contributed by atoms with Gasteiger partial charge in [0.25, 0.3) is 0 Å². The minimum atomic E-state index is -4.29. The van der Waals surface area contributed by atoms with Crippen molar-refractivity contribution in [3.8, 4) is 6.07 Å². The van der Waals surface area contributed by atoms with Crippen molar-refractivity contribution in [3.63, 3.8) is 0 Å². The van der Waals surface area contributed by atoms with Crippen molar-refractivity contribution in [2.45, 2.75) is 32.0 Å². The standard InChI is InChI=1S/C9H10F3N3/c1-8(2,5-13)7-3-14-15(4-7)6-9(10,11)12/h3-4H,6H2,1-2H3. The van der Waals surface area contributed by atoms with E-state index in [-0.39, 0.29) is 0 Å². The van der Waals surface area contributed by atoms with E-state index in [1.165, 1.54) is 12.4 Å². The lowest BCUT2D eigenvalue weighted by Crippen LogP contribution is -2.18. The van der Waals surface area contributed by atoms with Gasteiger partial charge >= 0.3 is 6.18 Å². The van der Waals surface area contributed by atoms with E-state index in [0.29, 0.717) is 5.56 Å². The number of nitrogens with zero attached hydrogens (tertiary/aromatic N) is 3. The highest BCUT2D eigenvalue weighted by atomic mass is 19.4. The van der Waals surface area contributed by atoms with Crippen molar-refractivity contribution in [2.24, 2.45) is 0 Å². The van der Waals surface area contributed by atoms with Gasteiger partial charge < -0.3 is 0 Å². The molecule has 0 N–H and O–H groups in total. The van der Waals surface area contributed by atoms with Crippen LogP contribution in [-0.2, 0) is 12.0 Å². The Morgan fingerprint density at radius 2 is 2.07 bits per heavy atom. The van der Waals surface area contributed by atoms with Crippen LogP contribution in [0.1, 0.15) is 19.4 Å². The molecule has 0 aromatic carbocycles. The average molecular weight is 217 g/mol. The third-order valence-corrected chi connectivity index (χ3v) is 1.98. The lowest BCUT2D eigenvalue weighted by Gasteiger charge is -2.11. The summed E-state index contributed by atoms with van der Waals surface area (Å²) in [6.45, 7) is 2.12. The maximum absolute atomic E-state index is 12.0. The maximum Gasteiger partial charge on any atom is 0.408 e. The van der Waals surface area contributed by atoms with Gasteiger partial charge in [0.2, 0.25) is 0 Å². The fourth-order valence-corrected chi connectivity index (χ4v) is 1.02. The molecule has 0 radical (unpaired) electrons. The molecule has 3 nitrogen and oxygen atoms in total. The Kier molecular flexibility index (Phi) is 2.75. The summed E-state index contributed by atoms with van der Waals surface area (Å²) in [6.07, 6.45) is -1.76. The predicted molar refractivity (Wildman–Crippen MR) is 46.9 cm³/mol. The van der Waals surface area contributed by atoms with Crippen LogP contribution in [0.5, 0.6) is 0 Å². The Morgan fingerprint density at radius 1 is 1.47 bits per heavy atom. The van der Waals surface area contributed by atoms with Crippen molar-refractivity contribution in [2.75, 3.05) is 0 Å². The highest BCUT2D eigenvalue weighted by molar-refractivity contribution is 5.25. The monoisotopic (exact) mass is 217 g/mol. The van der Waals surface area contributed by atoms with Crippen LogP contribution in [0.2, 0.25) is 0 Å². The van der Waals surface area contributed by atoms with Gasteiger partial charge in [0, 0.05) is 11.8 Å². The summed E-state index contributed by atoms with van der Waals surface area (Å²) < 4.78 is 36.8. The summed E-state index contributed by atoms with van der Waals surface area (Å²) >= 11 is 0. The number of rotatable bonds is 2. The molecule has 1 rings (SSSR count). The van der Waals surface area contributed by atoms with E-state index >= 15 is 0 Å². The van der Waals surface area contributed by atoms with Crippen LogP contribution in [0.15, 0.2) is 12.4 Å². The Balaban J connectivity index is 2.87. The molecule has 0 bridgehead atoms. The highest BCUT2D eigenvalue weighted by Gasteiger charge is 2.29. The smallest absolute Gasteiger partial charge is 0.263 e. The van der Waals surface area contributed by atoms with E-state index < -0.39 is 18.1 Å². The molecule has 6 heteroatoms. The first kappa shape index (κ1) is 11.6. The van der Waals surface area contributed by atoms with Gasteiger partial charge in [0.15, 0.2) is 0 Å². The van der Waals surface area contributed by atoms with Crippen molar-refractivity contribution in [1.29, 1.82) is 5.26 Å². The quantitative estimate of drug-likeness (QED) is 0.762. The van der Waals surface area contributed by atoms with Crippen LogP contribution in [-0.4, -0.2) is 16.0 Å². The summed E-state index contributed by atoms with van der Waals surface area (Å²) in [4.78, 5) is 0. The molecule has 0 aliphatic carbocycles. The third kappa shape index (κ3) is 2.98. The molecule has 82 valence electrons. The molecule has 0 atom stereocenters. The molecular formula is C9H10F3N3. The molecule has 0 spiro atoms. The van der Waals surface area contributed by atoms with E-state index in [0.717, 1.165) is 4.68 Å². The van der Waals surface area contributed by atoms with Crippen LogP contribution in [0.3, 0.4) is 0 Å². The summed E-state index contributed by atoms with van der Waals surface area (Å²) in [5, 5.41) is 12.3. The van der Waals surface area contributed by atoms with E-state index in [9.17, 15) is 13.2 Å². The maximum atomic E-state index is 12.0. The lowest BCUT2D eigenvalue weighted by molar-refractivity contribution is -0.142. The molecule has 15 heavy (non-hydrogen) atoms. The van der Waals surface area contributed by atoms with E-state index in [1.807, 2.05) is 6.07 Å². The first-order valence-corrected chi connectivity index (χ1v) is 4.25. The number of alkyl halides is 3. The molecule has 0 fully saturated rings. The second-order valence-electron chi connectivity index (χ2n) is 3.78. The third-order valence-electron chi connectivity index (χ3n) is 1.98. The van der Waals surface area contributed by atoms with Gasteiger partial charge in [0.1, 0.15) is 6.54 Å². The Bertz CT molecular complexity index is 384. The molecule has 1 aromatic heterocycles. The normalized spacial score (nSPS) is 12.5. The van der Waals surface area contributed by atoms with Gasteiger partial charge in [-0.25, -0.2) is 0 Å². The van der Waals surface area contributed by atoms with Gasteiger partial charge in [0.05, 0.1) is 17.7 Å². The Hall–Kier alpha value is -1.51. The van der Waals surface area contributed by atoms with Crippen LogP contribution in [0, 0.1) is 11.3 Å². The number of nitriles is 1. The zero-order valence-corrected chi connectivity index (χ0v) is 8.34. The van der Waals surface area contributed by atoms with Gasteiger partial charge in [-0.3, -0.25) is 4.68 Å².